The Morgan fingerprint density at radius 1 is 1.06 bits per heavy atom. The number of carbonyl (C=O) groups is 1. The molecule has 3 aromatic carbocycles. The molecule has 0 heterocycles. The van der Waals surface area contributed by atoms with Crippen molar-refractivity contribution in [2.45, 2.75) is 13.8 Å². The first kappa shape index (κ1) is 24.9. The minimum atomic E-state index is -0.813. The lowest BCUT2D eigenvalue weighted by Crippen LogP contribution is -2.14. The normalized spacial score (nSPS) is 10.9. The number of aryl methyl sites for hydroxylation is 1. The van der Waals surface area contributed by atoms with Gasteiger partial charge in [-0.25, -0.2) is 0 Å². The van der Waals surface area contributed by atoms with Crippen LogP contribution < -0.4 is 10.1 Å². The number of nitro benzene ring substituents is 2. The molecule has 0 aliphatic carbocycles. The van der Waals surface area contributed by atoms with Gasteiger partial charge in [0.1, 0.15) is 17.4 Å². The summed E-state index contributed by atoms with van der Waals surface area (Å²) in [7, 11) is 0. The maximum absolute atomic E-state index is 12.8. The van der Waals surface area contributed by atoms with Crippen LogP contribution >= 0.6 is 11.6 Å². The number of halogens is 1. The monoisotopic (exact) mass is 492 g/mol. The molecule has 0 saturated heterocycles. The highest BCUT2D eigenvalue weighted by atomic mass is 35.5. The number of non-ortho nitro benzene ring substituents is 1. The number of rotatable bonds is 7. The van der Waals surface area contributed by atoms with Crippen molar-refractivity contribution in [3.63, 3.8) is 0 Å². The molecule has 176 valence electrons. The fourth-order valence-corrected chi connectivity index (χ4v) is 3.25. The summed E-state index contributed by atoms with van der Waals surface area (Å²) >= 11 is 6.08. The van der Waals surface area contributed by atoms with E-state index in [0.717, 1.165) is 29.3 Å². The van der Waals surface area contributed by atoms with Crippen LogP contribution in [0.4, 0.5) is 17.1 Å². The molecule has 0 spiro atoms. The summed E-state index contributed by atoms with van der Waals surface area (Å²) in [5.41, 5.74) is 1.16. The molecule has 0 aromatic heterocycles. The third kappa shape index (κ3) is 5.79. The predicted molar refractivity (Wildman–Crippen MR) is 129 cm³/mol. The lowest BCUT2D eigenvalue weighted by atomic mass is 10.1. The molecule has 1 N–H and O–H groups in total. The highest BCUT2D eigenvalue weighted by Crippen LogP contribution is 2.37. The van der Waals surface area contributed by atoms with Crippen LogP contribution in [-0.2, 0) is 4.79 Å². The average Bonchev–Trinajstić information content (AvgIpc) is 2.81. The number of nitrogens with zero attached hydrogens (tertiary/aromatic N) is 3. The topological polar surface area (TPSA) is 148 Å². The highest BCUT2D eigenvalue weighted by molar-refractivity contribution is 6.30. The number of hydrogen-bond acceptors (Lipinski definition) is 7. The molecule has 10 nitrogen and oxygen atoms in total. The molecule has 0 atom stereocenters. The van der Waals surface area contributed by atoms with Crippen molar-refractivity contribution in [1.29, 1.82) is 5.26 Å². The van der Waals surface area contributed by atoms with E-state index in [2.05, 4.69) is 5.32 Å². The van der Waals surface area contributed by atoms with E-state index in [9.17, 15) is 30.3 Å². The molecule has 35 heavy (non-hydrogen) atoms. The van der Waals surface area contributed by atoms with Crippen molar-refractivity contribution < 1.29 is 19.4 Å². The lowest BCUT2D eigenvalue weighted by Gasteiger charge is -2.11. The van der Waals surface area contributed by atoms with Gasteiger partial charge in [-0.1, -0.05) is 23.7 Å². The quantitative estimate of drug-likeness (QED) is 0.181. The smallest absolute Gasteiger partial charge is 0.318 e. The van der Waals surface area contributed by atoms with Crippen molar-refractivity contribution in [2.75, 3.05) is 5.32 Å². The molecule has 0 saturated carbocycles. The summed E-state index contributed by atoms with van der Waals surface area (Å²) in [4.78, 5) is 33.6. The molecule has 0 aliphatic rings. The molecule has 3 rings (SSSR count). The number of amides is 1. The van der Waals surface area contributed by atoms with E-state index >= 15 is 0 Å². The van der Waals surface area contributed by atoms with E-state index < -0.39 is 27.1 Å². The molecule has 0 fully saturated rings. The third-order valence-electron chi connectivity index (χ3n) is 5.06. The fourth-order valence-electron chi connectivity index (χ4n) is 3.07. The van der Waals surface area contributed by atoms with Crippen LogP contribution in [0.2, 0.25) is 5.02 Å². The van der Waals surface area contributed by atoms with Crippen molar-refractivity contribution in [3.8, 4) is 17.6 Å². The van der Waals surface area contributed by atoms with E-state index in [1.807, 2.05) is 26.0 Å². The van der Waals surface area contributed by atoms with Crippen LogP contribution in [0.5, 0.6) is 11.5 Å². The first-order valence-corrected chi connectivity index (χ1v) is 10.4. The highest BCUT2D eigenvalue weighted by Gasteiger charge is 2.22. The van der Waals surface area contributed by atoms with Gasteiger partial charge in [0, 0.05) is 22.3 Å². The Morgan fingerprint density at radius 2 is 1.77 bits per heavy atom. The molecule has 11 heteroatoms. The van der Waals surface area contributed by atoms with Gasteiger partial charge in [0.05, 0.1) is 15.9 Å². The SMILES string of the molecule is Cc1cccc(NC(=O)/C(C#N)=C/c2cc(Cl)ccc2Oc2ccc([N+](=O)[O-])cc2[N+](=O)[O-])c1C. The minimum absolute atomic E-state index is 0.0404. The second-order valence-electron chi connectivity index (χ2n) is 7.32. The number of nitriles is 1. The number of ether oxygens (including phenoxy) is 1. The maximum Gasteiger partial charge on any atom is 0.318 e. The van der Waals surface area contributed by atoms with Gasteiger partial charge in [0.25, 0.3) is 11.6 Å². The van der Waals surface area contributed by atoms with Crippen LogP contribution in [0.25, 0.3) is 6.08 Å². The Balaban J connectivity index is 2.00. The van der Waals surface area contributed by atoms with Gasteiger partial charge in [0.15, 0.2) is 0 Å². The van der Waals surface area contributed by atoms with E-state index in [1.54, 1.807) is 12.1 Å². The summed E-state index contributed by atoms with van der Waals surface area (Å²) in [5.74, 6) is -0.900. The van der Waals surface area contributed by atoms with E-state index in [0.29, 0.717) is 5.69 Å². The molecular formula is C24H17ClN4O6. The van der Waals surface area contributed by atoms with Crippen LogP contribution in [0.1, 0.15) is 16.7 Å². The second kappa shape index (κ2) is 10.5. The fraction of sp³-hybridized carbons (Fsp3) is 0.0833. The maximum atomic E-state index is 12.8. The van der Waals surface area contributed by atoms with Crippen LogP contribution in [-0.4, -0.2) is 15.8 Å². The molecule has 0 unspecified atom stereocenters. The number of carbonyl (C=O) groups excluding carboxylic acids is 1. The Labute approximate surface area is 204 Å². The molecule has 1 amide bonds. The summed E-state index contributed by atoms with van der Waals surface area (Å²) in [6.45, 7) is 3.72. The standard InChI is InChI=1S/C24H17ClN4O6/c1-14-4-3-5-20(15(14)2)27-24(30)17(13-26)10-16-11-18(25)6-8-22(16)35-23-9-7-19(28(31)32)12-21(23)29(33)34/h3-12H,1-2H3,(H,27,30)/b17-10+. The zero-order chi connectivity index (χ0) is 25.7. The average molecular weight is 493 g/mol. The zero-order valence-corrected chi connectivity index (χ0v) is 19.2. The van der Waals surface area contributed by atoms with Crippen molar-refractivity contribution in [1.82, 2.24) is 0 Å². The predicted octanol–water partition coefficient (Wildman–Crippen LogP) is 6.11. The lowest BCUT2D eigenvalue weighted by molar-refractivity contribution is -0.394. The van der Waals surface area contributed by atoms with Crippen molar-refractivity contribution >= 4 is 40.6 Å². The van der Waals surface area contributed by atoms with Crippen molar-refractivity contribution in [3.05, 3.63) is 102 Å². The van der Waals surface area contributed by atoms with Crippen LogP contribution in [0, 0.1) is 45.4 Å². The summed E-state index contributed by atoms with van der Waals surface area (Å²) in [6.07, 6.45) is 1.24. The van der Waals surface area contributed by atoms with Crippen LogP contribution in [0.3, 0.4) is 0 Å². The number of hydrogen-bond donors (Lipinski definition) is 1. The largest absolute Gasteiger partial charge is 0.449 e. The molecule has 3 aromatic rings. The van der Waals surface area contributed by atoms with Gasteiger partial charge in [-0.15, -0.1) is 0 Å². The van der Waals surface area contributed by atoms with Gasteiger partial charge in [0.2, 0.25) is 5.75 Å². The Kier molecular flexibility index (Phi) is 7.43. The first-order chi connectivity index (χ1) is 16.6. The van der Waals surface area contributed by atoms with Gasteiger partial charge in [-0.2, -0.15) is 5.26 Å². The van der Waals surface area contributed by atoms with Crippen molar-refractivity contribution in [2.24, 2.45) is 0 Å². The molecule has 0 radical (unpaired) electrons. The molecular weight excluding hydrogens is 476 g/mol. The number of anilines is 1. The van der Waals surface area contributed by atoms with Gasteiger partial charge in [-0.3, -0.25) is 25.0 Å². The second-order valence-corrected chi connectivity index (χ2v) is 7.76. The Bertz CT molecular complexity index is 1430. The molecule has 0 bridgehead atoms. The van der Waals surface area contributed by atoms with Gasteiger partial charge in [-0.05, 0) is 61.4 Å². The van der Waals surface area contributed by atoms with Crippen LogP contribution in [0.15, 0.2) is 60.2 Å². The van der Waals surface area contributed by atoms with Gasteiger partial charge >= 0.3 is 5.69 Å². The number of benzene rings is 3. The van der Waals surface area contributed by atoms with Gasteiger partial charge < -0.3 is 10.1 Å². The third-order valence-corrected chi connectivity index (χ3v) is 5.29. The first-order valence-electron chi connectivity index (χ1n) is 10.00. The Hall–Kier alpha value is -4.75. The Morgan fingerprint density at radius 3 is 2.43 bits per heavy atom. The number of nitro groups is 2. The van der Waals surface area contributed by atoms with E-state index in [4.69, 9.17) is 16.3 Å². The zero-order valence-electron chi connectivity index (χ0n) is 18.4. The minimum Gasteiger partial charge on any atom is -0.449 e. The van der Waals surface area contributed by atoms with E-state index in [1.165, 1.54) is 24.3 Å². The molecule has 0 aliphatic heterocycles. The summed E-state index contributed by atoms with van der Waals surface area (Å²) in [5, 5.41) is 35.0. The summed E-state index contributed by atoms with van der Waals surface area (Å²) < 4.78 is 5.66. The van der Waals surface area contributed by atoms with E-state index in [-0.39, 0.29) is 27.7 Å². The summed E-state index contributed by atoms with van der Waals surface area (Å²) in [6, 6.07) is 14.4. The number of nitrogens with one attached hydrogen (secondary N) is 1.